The molecule has 2 aromatic carbocycles. The molecule has 172 valence electrons. The summed E-state index contributed by atoms with van der Waals surface area (Å²) in [7, 11) is 0. The first-order chi connectivity index (χ1) is 16.3. The van der Waals surface area contributed by atoms with Crippen molar-refractivity contribution < 1.29 is 8.78 Å². The van der Waals surface area contributed by atoms with Crippen LogP contribution in [0, 0.1) is 23.0 Å². The molecule has 0 saturated carbocycles. The molecule has 9 nitrogen and oxygen atoms in total. The number of hydrogen-bond acceptors (Lipinski definition) is 8. The molecule has 4 rings (SSSR count). The number of nitrogen functional groups attached to an aromatic ring is 2. The van der Waals surface area contributed by atoms with Crippen molar-refractivity contribution in [2.75, 3.05) is 23.3 Å². The van der Waals surface area contributed by atoms with Crippen LogP contribution < -0.4 is 22.3 Å². The smallest absolute Gasteiger partial charge is 0.267 e. The molecule has 2 aromatic heterocycles. The van der Waals surface area contributed by atoms with Gasteiger partial charge in [-0.05, 0) is 30.7 Å². The molecule has 0 saturated heterocycles. The molecule has 2 heterocycles. The Morgan fingerprint density at radius 1 is 1.12 bits per heavy atom. The Morgan fingerprint density at radius 3 is 2.56 bits per heavy atom. The fraction of sp³-hybridized carbons (Fsp3) is 0.136. The van der Waals surface area contributed by atoms with E-state index in [9.17, 15) is 18.8 Å². The summed E-state index contributed by atoms with van der Waals surface area (Å²) >= 11 is 6.22. The number of nitrogens with one attached hydrogen (secondary N) is 1. The first-order valence-corrected chi connectivity index (χ1v) is 10.4. The van der Waals surface area contributed by atoms with Crippen molar-refractivity contribution >= 4 is 40.1 Å². The fourth-order valence-corrected chi connectivity index (χ4v) is 3.78. The third kappa shape index (κ3) is 4.44. The van der Waals surface area contributed by atoms with Gasteiger partial charge in [-0.15, -0.1) is 0 Å². The number of nitrogens with zero attached hydrogens (tertiary/aromatic N) is 5. The summed E-state index contributed by atoms with van der Waals surface area (Å²) in [6, 6.07) is 9.54. The van der Waals surface area contributed by atoms with E-state index >= 15 is 0 Å². The normalized spacial score (nSPS) is 10.9. The lowest BCUT2D eigenvalue weighted by Gasteiger charge is -2.15. The highest BCUT2D eigenvalue weighted by Gasteiger charge is 2.17. The van der Waals surface area contributed by atoms with Crippen molar-refractivity contribution in [2.24, 2.45) is 0 Å². The zero-order valence-electron chi connectivity index (χ0n) is 17.5. The van der Waals surface area contributed by atoms with Crippen molar-refractivity contribution in [3.63, 3.8) is 0 Å². The van der Waals surface area contributed by atoms with Crippen LogP contribution in [0.1, 0.15) is 17.8 Å². The number of aryl methyl sites for hydroxylation is 1. The zero-order valence-corrected chi connectivity index (χ0v) is 18.3. The number of anilines is 3. The summed E-state index contributed by atoms with van der Waals surface area (Å²) in [4.78, 5) is 25.6. The highest BCUT2D eigenvalue weighted by molar-refractivity contribution is 6.35. The minimum absolute atomic E-state index is 0.0112. The molecule has 34 heavy (non-hydrogen) atoms. The first kappa shape index (κ1) is 22.9. The molecule has 0 fully saturated rings. The Bertz CT molecular complexity index is 1500. The van der Waals surface area contributed by atoms with Gasteiger partial charge in [-0.25, -0.2) is 13.8 Å². The van der Waals surface area contributed by atoms with E-state index in [-0.39, 0.29) is 51.5 Å². The molecule has 0 aliphatic heterocycles. The second kappa shape index (κ2) is 9.29. The van der Waals surface area contributed by atoms with Crippen molar-refractivity contribution in [3.8, 4) is 11.8 Å². The van der Waals surface area contributed by atoms with Gasteiger partial charge < -0.3 is 16.8 Å². The number of hydrogen-bond donors (Lipinski definition) is 3. The quantitative estimate of drug-likeness (QED) is 0.355. The van der Waals surface area contributed by atoms with Gasteiger partial charge in [0.25, 0.3) is 5.56 Å². The number of aromatic nitrogens is 4. The number of halogens is 3. The summed E-state index contributed by atoms with van der Waals surface area (Å²) in [5, 5.41) is 12.6. The molecule has 0 spiro atoms. The van der Waals surface area contributed by atoms with Crippen LogP contribution in [0.5, 0.6) is 0 Å². The molecule has 0 aliphatic carbocycles. The molecule has 0 radical (unpaired) electrons. The van der Waals surface area contributed by atoms with Crippen LogP contribution in [0.3, 0.4) is 0 Å². The average Bonchev–Trinajstić information content (AvgIpc) is 2.75. The van der Waals surface area contributed by atoms with Gasteiger partial charge in [0.15, 0.2) is 5.82 Å². The van der Waals surface area contributed by atoms with Gasteiger partial charge in [0, 0.05) is 19.0 Å². The van der Waals surface area contributed by atoms with E-state index in [4.69, 9.17) is 23.1 Å². The Balaban J connectivity index is 1.69. The molecule has 0 atom stereocenters. The molecule has 0 amide bonds. The van der Waals surface area contributed by atoms with Gasteiger partial charge in [0.2, 0.25) is 5.95 Å². The van der Waals surface area contributed by atoms with E-state index in [1.54, 1.807) is 18.2 Å². The standard InChI is InChI=1S/C22H17ClF2N8O/c23-15-3-1-4-16-18(15)21(34)33(13-8-11(24)7-12(25)9-13)17(30-16)5-2-6-29-20-14(10-26)19(27)31-22(28)32-20/h1,3-4,7-9H,2,5-6H2,(H5,27,28,29,31,32). The van der Waals surface area contributed by atoms with Crippen molar-refractivity contribution in [1.29, 1.82) is 5.26 Å². The maximum Gasteiger partial charge on any atom is 0.267 e. The molecule has 4 aromatic rings. The van der Waals surface area contributed by atoms with Gasteiger partial charge >= 0.3 is 0 Å². The number of nitrogens with two attached hydrogens (primary N) is 2. The second-order valence-corrected chi connectivity index (χ2v) is 7.67. The van der Waals surface area contributed by atoms with E-state index in [0.717, 1.165) is 16.7 Å². The van der Waals surface area contributed by atoms with Crippen molar-refractivity contribution in [2.45, 2.75) is 12.8 Å². The molecule has 0 aliphatic rings. The van der Waals surface area contributed by atoms with E-state index in [0.29, 0.717) is 24.5 Å². The predicted molar refractivity (Wildman–Crippen MR) is 125 cm³/mol. The lowest BCUT2D eigenvalue weighted by molar-refractivity contribution is 0.580. The van der Waals surface area contributed by atoms with E-state index in [1.165, 1.54) is 0 Å². The van der Waals surface area contributed by atoms with E-state index in [1.807, 2.05) is 6.07 Å². The summed E-state index contributed by atoms with van der Waals surface area (Å²) in [5.41, 5.74) is 11.2. The van der Waals surface area contributed by atoms with Crippen LogP contribution in [0.15, 0.2) is 41.2 Å². The van der Waals surface area contributed by atoms with Crippen molar-refractivity contribution in [3.05, 3.63) is 74.8 Å². The summed E-state index contributed by atoms with van der Waals surface area (Å²) < 4.78 is 29.0. The third-order valence-electron chi connectivity index (χ3n) is 4.96. The molecular formula is C22H17ClF2N8O. The Kier molecular flexibility index (Phi) is 6.25. The largest absolute Gasteiger partial charge is 0.382 e. The maximum atomic E-state index is 13.9. The summed E-state index contributed by atoms with van der Waals surface area (Å²) in [6.07, 6.45) is 0.645. The van der Waals surface area contributed by atoms with Crippen LogP contribution in [0.2, 0.25) is 5.02 Å². The third-order valence-corrected chi connectivity index (χ3v) is 5.27. The van der Waals surface area contributed by atoms with Gasteiger partial charge in [-0.2, -0.15) is 15.2 Å². The van der Waals surface area contributed by atoms with E-state index in [2.05, 4.69) is 20.3 Å². The van der Waals surface area contributed by atoms with Crippen LogP contribution in [0.25, 0.3) is 16.6 Å². The topological polar surface area (TPSA) is 149 Å². The monoisotopic (exact) mass is 482 g/mol. The van der Waals surface area contributed by atoms with Crippen LogP contribution in [0.4, 0.5) is 26.4 Å². The predicted octanol–water partition coefficient (Wildman–Crippen LogP) is 3.19. The molecule has 5 N–H and O–H groups in total. The molecular weight excluding hydrogens is 466 g/mol. The lowest BCUT2D eigenvalue weighted by atomic mass is 10.2. The maximum absolute atomic E-state index is 13.9. The lowest BCUT2D eigenvalue weighted by Crippen LogP contribution is -2.25. The SMILES string of the molecule is N#Cc1c(N)nc(N)nc1NCCCc1nc2cccc(Cl)c2c(=O)n1-c1cc(F)cc(F)c1. The Labute approximate surface area is 196 Å². The van der Waals surface area contributed by atoms with Gasteiger partial charge in [-0.3, -0.25) is 9.36 Å². The second-order valence-electron chi connectivity index (χ2n) is 7.26. The zero-order chi connectivity index (χ0) is 24.4. The van der Waals surface area contributed by atoms with Crippen LogP contribution in [-0.2, 0) is 6.42 Å². The summed E-state index contributed by atoms with van der Waals surface area (Å²) in [5.74, 6) is -1.36. The van der Waals surface area contributed by atoms with Crippen molar-refractivity contribution in [1.82, 2.24) is 19.5 Å². The number of rotatable bonds is 6. The molecule has 12 heteroatoms. The van der Waals surface area contributed by atoms with Gasteiger partial charge in [0.05, 0.1) is 21.6 Å². The molecule has 0 bridgehead atoms. The molecule has 0 unspecified atom stereocenters. The number of benzene rings is 2. The number of fused-ring (bicyclic) bond motifs is 1. The van der Waals surface area contributed by atoms with E-state index < -0.39 is 17.2 Å². The highest BCUT2D eigenvalue weighted by Crippen LogP contribution is 2.22. The Morgan fingerprint density at radius 2 is 1.85 bits per heavy atom. The first-order valence-electron chi connectivity index (χ1n) is 10.0. The minimum atomic E-state index is -0.836. The Hall–Kier alpha value is -4.30. The van der Waals surface area contributed by atoms with Gasteiger partial charge in [0.1, 0.15) is 34.9 Å². The average molecular weight is 483 g/mol. The number of nitriles is 1. The van der Waals surface area contributed by atoms with Gasteiger partial charge in [-0.1, -0.05) is 17.7 Å². The summed E-state index contributed by atoms with van der Waals surface area (Å²) in [6.45, 7) is 0.297. The van der Waals surface area contributed by atoms with Crippen LogP contribution in [-0.4, -0.2) is 26.1 Å². The minimum Gasteiger partial charge on any atom is -0.382 e. The van der Waals surface area contributed by atoms with Crippen LogP contribution >= 0.6 is 11.6 Å². The highest BCUT2D eigenvalue weighted by atomic mass is 35.5. The fourth-order valence-electron chi connectivity index (χ4n) is 3.53.